The van der Waals surface area contributed by atoms with Gasteiger partial charge in [0, 0.05) is 29.3 Å². The lowest BCUT2D eigenvalue weighted by atomic mass is 10.1. The van der Waals surface area contributed by atoms with E-state index in [9.17, 15) is 9.59 Å². The number of rotatable bonds is 7. The van der Waals surface area contributed by atoms with Gasteiger partial charge in [0.05, 0.1) is 0 Å². The van der Waals surface area contributed by atoms with Gasteiger partial charge in [-0.3, -0.25) is 30.4 Å². The van der Waals surface area contributed by atoms with E-state index in [4.69, 9.17) is 0 Å². The first-order valence-corrected chi connectivity index (χ1v) is 7.99. The van der Waals surface area contributed by atoms with Gasteiger partial charge in [-0.1, -0.05) is 25.8 Å². The van der Waals surface area contributed by atoms with Crippen LogP contribution in [0.4, 0.5) is 0 Å². The summed E-state index contributed by atoms with van der Waals surface area (Å²) in [6, 6.07) is 9.33. The molecule has 0 aromatic carbocycles. The topological polar surface area (TPSA) is 84.0 Å². The number of aryl methyl sites for hydroxylation is 2. The number of nitrogens with one attached hydrogen (secondary N) is 2. The van der Waals surface area contributed by atoms with Crippen molar-refractivity contribution in [2.24, 2.45) is 0 Å². The highest BCUT2D eigenvalue weighted by atomic mass is 16.2. The number of aromatic nitrogens is 2. The average molecular weight is 328 g/mol. The first kappa shape index (κ1) is 19.3. The van der Waals surface area contributed by atoms with Crippen molar-refractivity contribution in [3.05, 3.63) is 59.7 Å². The predicted molar refractivity (Wildman–Crippen MR) is 93.1 cm³/mol. The largest absolute Gasteiger partial charge is 0.277 e. The van der Waals surface area contributed by atoms with Crippen LogP contribution in [-0.2, 0) is 11.2 Å². The molecule has 2 N–H and O–H groups in total. The van der Waals surface area contributed by atoms with Gasteiger partial charge < -0.3 is 0 Å². The Bertz CT molecular complexity index is 617. The Kier molecular flexibility index (Phi) is 9.45. The van der Waals surface area contributed by atoms with Gasteiger partial charge in [0.1, 0.15) is 0 Å². The molecule has 2 rings (SSSR count). The molecule has 6 nitrogen and oxygen atoms in total. The van der Waals surface area contributed by atoms with Crippen LogP contribution in [0.3, 0.4) is 0 Å². The molecule has 0 saturated carbocycles. The van der Waals surface area contributed by atoms with Crippen LogP contribution in [0.25, 0.3) is 0 Å². The Morgan fingerprint density at radius 2 is 1.92 bits per heavy atom. The van der Waals surface area contributed by atoms with Gasteiger partial charge >= 0.3 is 0 Å². The summed E-state index contributed by atoms with van der Waals surface area (Å²) in [5.41, 5.74) is 7.02. The minimum atomic E-state index is -0.371. The second-order valence-electron chi connectivity index (χ2n) is 5.18. The zero-order chi connectivity index (χ0) is 17.6. The van der Waals surface area contributed by atoms with E-state index in [2.05, 4.69) is 34.5 Å². The summed E-state index contributed by atoms with van der Waals surface area (Å²) >= 11 is 0. The number of carbonyl (C=O) groups excluding carboxylic acids is 2. The van der Waals surface area contributed by atoms with E-state index in [0.717, 1.165) is 12.1 Å². The van der Waals surface area contributed by atoms with E-state index in [-0.39, 0.29) is 5.91 Å². The molecular weight excluding hydrogens is 304 g/mol. The number of unbranched alkanes of at least 4 members (excludes halogenated alkanes) is 2. The summed E-state index contributed by atoms with van der Waals surface area (Å²) in [6.45, 7) is 4.27. The molecule has 128 valence electrons. The number of hydrogen-bond acceptors (Lipinski definition) is 4. The lowest BCUT2D eigenvalue weighted by Gasteiger charge is -2.00. The van der Waals surface area contributed by atoms with E-state index in [1.807, 2.05) is 18.4 Å². The van der Waals surface area contributed by atoms with E-state index >= 15 is 0 Å². The fraction of sp³-hybridized carbons (Fsp3) is 0.333. The Hall–Kier alpha value is -2.76. The van der Waals surface area contributed by atoms with Crippen LogP contribution in [0.1, 0.15) is 47.9 Å². The molecule has 6 heteroatoms. The lowest BCUT2D eigenvalue weighted by Crippen LogP contribution is -2.36. The second kappa shape index (κ2) is 11.8. The third-order valence-corrected chi connectivity index (χ3v) is 3.17. The first-order valence-electron chi connectivity index (χ1n) is 7.99. The Morgan fingerprint density at radius 1 is 1.17 bits per heavy atom. The molecule has 0 radical (unpaired) electrons. The highest BCUT2D eigenvalue weighted by molar-refractivity contribution is 5.94. The lowest BCUT2D eigenvalue weighted by molar-refractivity contribution is -0.110. The van der Waals surface area contributed by atoms with Crippen LogP contribution in [0.5, 0.6) is 0 Å². The van der Waals surface area contributed by atoms with Crippen LogP contribution in [0.15, 0.2) is 42.7 Å². The standard InChI is InChI=1S/C11H17N.C7H7N3O2/c1-3-4-5-8-11-9-6-7-10(2)12-11;11-5-9-10-7(12)6-1-3-8-4-2-6/h6-7,9H,3-5,8H2,1-2H3;1-5H,(H,9,11)(H,10,12). The van der Waals surface area contributed by atoms with Crippen molar-refractivity contribution in [1.82, 2.24) is 20.8 Å². The normalized spacial score (nSPS) is 9.42. The summed E-state index contributed by atoms with van der Waals surface area (Å²) in [4.78, 5) is 29.0. The molecule has 0 aliphatic heterocycles. The molecule has 0 aliphatic rings. The van der Waals surface area contributed by atoms with E-state index in [1.54, 1.807) is 12.1 Å². The third kappa shape index (κ3) is 8.03. The van der Waals surface area contributed by atoms with Gasteiger partial charge in [0.25, 0.3) is 5.91 Å². The molecule has 2 aromatic heterocycles. The van der Waals surface area contributed by atoms with Crippen molar-refractivity contribution in [3.63, 3.8) is 0 Å². The van der Waals surface area contributed by atoms with Gasteiger partial charge in [-0.05, 0) is 44.0 Å². The zero-order valence-corrected chi connectivity index (χ0v) is 14.2. The maximum absolute atomic E-state index is 11.0. The summed E-state index contributed by atoms with van der Waals surface area (Å²) < 4.78 is 0. The highest BCUT2D eigenvalue weighted by Gasteiger charge is 2.01. The Morgan fingerprint density at radius 3 is 2.54 bits per heavy atom. The summed E-state index contributed by atoms with van der Waals surface area (Å²) in [5.74, 6) is -0.371. The van der Waals surface area contributed by atoms with Crippen LogP contribution in [0.2, 0.25) is 0 Å². The molecule has 0 saturated heterocycles. The van der Waals surface area contributed by atoms with Crippen molar-refractivity contribution in [1.29, 1.82) is 0 Å². The highest BCUT2D eigenvalue weighted by Crippen LogP contribution is 2.04. The maximum Gasteiger partial charge on any atom is 0.269 e. The van der Waals surface area contributed by atoms with E-state index in [1.165, 1.54) is 37.4 Å². The average Bonchev–Trinajstić information content (AvgIpc) is 2.61. The first-order chi connectivity index (χ1) is 11.7. The number of nitrogens with zero attached hydrogens (tertiary/aromatic N) is 2. The predicted octanol–water partition coefficient (Wildman–Crippen LogP) is 2.60. The summed E-state index contributed by atoms with van der Waals surface area (Å²) in [5, 5.41) is 0. The molecule has 24 heavy (non-hydrogen) atoms. The molecule has 0 spiro atoms. The smallest absolute Gasteiger partial charge is 0.269 e. The van der Waals surface area contributed by atoms with E-state index < -0.39 is 0 Å². The summed E-state index contributed by atoms with van der Waals surface area (Å²) in [6.07, 6.45) is 8.38. The fourth-order valence-corrected chi connectivity index (χ4v) is 1.97. The maximum atomic E-state index is 11.0. The zero-order valence-electron chi connectivity index (χ0n) is 14.2. The number of hydrogen-bond donors (Lipinski definition) is 2. The van der Waals surface area contributed by atoms with Crippen molar-refractivity contribution >= 4 is 12.3 Å². The van der Waals surface area contributed by atoms with Gasteiger partial charge in [0.15, 0.2) is 0 Å². The molecule has 0 atom stereocenters. The number of pyridine rings is 2. The molecular formula is C18H24N4O2. The van der Waals surface area contributed by atoms with Crippen molar-refractivity contribution in [2.75, 3.05) is 0 Å². The van der Waals surface area contributed by atoms with Crippen LogP contribution in [0, 0.1) is 6.92 Å². The number of carbonyl (C=O) groups is 2. The van der Waals surface area contributed by atoms with Crippen molar-refractivity contribution in [3.8, 4) is 0 Å². The van der Waals surface area contributed by atoms with Gasteiger partial charge in [0.2, 0.25) is 6.41 Å². The van der Waals surface area contributed by atoms with E-state index in [0.29, 0.717) is 12.0 Å². The van der Waals surface area contributed by atoms with Gasteiger partial charge in [-0.15, -0.1) is 0 Å². The monoisotopic (exact) mass is 328 g/mol. The second-order valence-corrected chi connectivity index (χ2v) is 5.18. The molecule has 0 aliphatic carbocycles. The molecule has 0 unspecified atom stereocenters. The fourth-order valence-electron chi connectivity index (χ4n) is 1.97. The Labute approximate surface area is 142 Å². The molecule has 2 aromatic rings. The molecule has 0 bridgehead atoms. The van der Waals surface area contributed by atoms with Crippen molar-refractivity contribution < 1.29 is 9.59 Å². The number of amides is 2. The Balaban J connectivity index is 0.000000240. The summed E-state index contributed by atoms with van der Waals surface area (Å²) in [7, 11) is 0. The van der Waals surface area contributed by atoms with Crippen molar-refractivity contribution in [2.45, 2.75) is 39.5 Å². The van der Waals surface area contributed by atoms with Gasteiger partial charge in [-0.25, -0.2) is 0 Å². The van der Waals surface area contributed by atoms with Crippen LogP contribution in [-0.4, -0.2) is 22.3 Å². The van der Waals surface area contributed by atoms with Gasteiger partial charge in [-0.2, -0.15) is 0 Å². The molecule has 0 fully saturated rings. The van der Waals surface area contributed by atoms with Crippen LogP contribution < -0.4 is 10.9 Å². The number of hydrazine groups is 1. The minimum absolute atomic E-state index is 0.371. The SMILES string of the molecule is CCCCCc1cccc(C)n1.O=CNNC(=O)c1ccncc1. The molecule has 2 heterocycles. The quantitative estimate of drug-likeness (QED) is 0.465. The third-order valence-electron chi connectivity index (χ3n) is 3.17. The minimum Gasteiger partial charge on any atom is -0.277 e. The van der Waals surface area contributed by atoms with Crippen LogP contribution >= 0.6 is 0 Å². The molecule has 2 amide bonds.